The van der Waals surface area contributed by atoms with E-state index in [2.05, 4.69) is 20.9 Å². The minimum Gasteiger partial charge on any atom is -0.444 e. The van der Waals surface area contributed by atoms with E-state index in [1.54, 1.807) is 0 Å². The number of nitrogens with zero attached hydrogens (tertiary/aromatic N) is 1. The van der Waals surface area contributed by atoms with Crippen LogP contribution in [0.2, 0.25) is 0 Å². The highest BCUT2D eigenvalue weighted by Crippen LogP contribution is 2.23. The Bertz CT molecular complexity index is 1330. The first-order valence-corrected chi connectivity index (χ1v) is 13.6. The summed E-state index contributed by atoms with van der Waals surface area (Å²) in [4.78, 5) is 40.7. The summed E-state index contributed by atoms with van der Waals surface area (Å²) in [7, 11) is 0. The van der Waals surface area contributed by atoms with Crippen LogP contribution in [0.1, 0.15) is 36.0 Å². The number of β-lactam (4-membered cyclic amide) rings is 1. The average Bonchev–Trinajstić information content (AvgIpc) is 3.00. The molecule has 1 aliphatic heterocycles. The summed E-state index contributed by atoms with van der Waals surface area (Å²) in [5.41, 5.74) is 2.73. The molecule has 3 aromatic carbocycles. The van der Waals surface area contributed by atoms with Gasteiger partial charge < -0.3 is 20.1 Å². The van der Waals surface area contributed by atoms with E-state index in [0.717, 1.165) is 29.5 Å². The van der Waals surface area contributed by atoms with E-state index in [0.29, 0.717) is 13.0 Å². The SMILES string of the molecule is O=C(N=C(NCCCC[C@@H]1C(=O)N[C@H]1C=Cc1ccccc1)NC(=O)OCc1ccccc1)OCc1ccccc1. The molecule has 1 aliphatic rings. The quantitative estimate of drug-likeness (QED) is 0.130. The number of aliphatic imine (C=N–C) groups is 1. The van der Waals surface area contributed by atoms with Gasteiger partial charge in [0.05, 0.1) is 12.0 Å². The first-order chi connectivity index (χ1) is 20.1. The molecule has 0 radical (unpaired) electrons. The van der Waals surface area contributed by atoms with Gasteiger partial charge in [0.2, 0.25) is 11.9 Å². The van der Waals surface area contributed by atoms with E-state index >= 15 is 0 Å². The molecule has 3 amide bonds. The molecule has 0 spiro atoms. The van der Waals surface area contributed by atoms with Gasteiger partial charge in [0.15, 0.2) is 0 Å². The first-order valence-electron chi connectivity index (χ1n) is 13.6. The van der Waals surface area contributed by atoms with Gasteiger partial charge in [0.25, 0.3) is 0 Å². The highest BCUT2D eigenvalue weighted by atomic mass is 16.6. The molecule has 9 nitrogen and oxygen atoms in total. The molecule has 9 heteroatoms. The van der Waals surface area contributed by atoms with Crippen LogP contribution in [0.15, 0.2) is 102 Å². The monoisotopic (exact) mass is 554 g/mol. The Morgan fingerprint density at radius 3 is 2.07 bits per heavy atom. The van der Waals surface area contributed by atoms with Gasteiger partial charge in [-0.3, -0.25) is 10.1 Å². The highest BCUT2D eigenvalue weighted by molar-refractivity contribution is 5.98. The van der Waals surface area contributed by atoms with E-state index in [-0.39, 0.29) is 37.0 Å². The molecule has 1 heterocycles. The maximum Gasteiger partial charge on any atom is 0.437 e. The number of hydrogen-bond acceptors (Lipinski definition) is 5. The number of hydrogen-bond donors (Lipinski definition) is 3. The van der Waals surface area contributed by atoms with Crippen LogP contribution in [-0.4, -0.2) is 36.6 Å². The predicted molar refractivity (Wildman–Crippen MR) is 157 cm³/mol. The van der Waals surface area contributed by atoms with Crippen molar-refractivity contribution >= 4 is 30.1 Å². The normalized spacial score (nSPS) is 16.4. The molecule has 3 aromatic rings. The maximum atomic E-state index is 12.4. The van der Waals surface area contributed by atoms with Crippen molar-refractivity contribution in [1.29, 1.82) is 0 Å². The van der Waals surface area contributed by atoms with Crippen molar-refractivity contribution in [2.24, 2.45) is 10.9 Å². The summed E-state index contributed by atoms with van der Waals surface area (Å²) in [5, 5.41) is 8.41. The van der Waals surface area contributed by atoms with E-state index < -0.39 is 12.2 Å². The number of alkyl carbamates (subject to hydrolysis) is 1. The van der Waals surface area contributed by atoms with Gasteiger partial charge in [-0.15, -0.1) is 4.99 Å². The lowest BCUT2D eigenvalue weighted by Gasteiger charge is -2.35. The molecule has 2 atom stereocenters. The highest BCUT2D eigenvalue weighted by Gasteiger charge is 2.36. The minimum atomic E-state index is -0.848. The Morgan fingerprint density at radius 2 is 1.44 bits per heavy atom. The first kappa shape index (κ1) is 29.1. The van der Waals surface area contributed by atoms with Crippen molar-refractivity contribution in [2.45, 2.75) is 38.5 Å². The molecule has 0 aromatic heterocycles. The second-order valence-electron chi connectivity index (χ2n) is 9.52. The number of carbonyl (C=O) groups excluding carboxylic acids is 3. The Morgan fingerprint density at radius 1 is 0.829 bits per heavy atom. The Balaban J connectivity index is 1.25. The largest absolute Gasteiger partial charge is 0.444 e. The number of carbonyl (C=O) groups is 3. The lowest BCUT2D eigenvalue weighted by Crippen LogP contribution is -2.56. The fraction of sp³-hybridized carbons (Fsp3) is 0.250. The van der Waals surface area contributed by atoms with Gasteiger partial charge in [-0.05, 0) is 29.5 Å². The van der Waals surface area contributed by atoms with Crippen LogP contribution in [0.25, 0.3) is 6.08 Å². The topological polar surface area (TPSA) is 118 Å². The molecule has 0 aliphatic carbocycles. The molecule has 3 N–H and O–H groups in total. The predicted octanol–water partition coefficient (Wildman–Crippen LogP) is 5.19. The van der Waals surface area contributed by atoms with Crippen molar-refractivity contribution in [3.8, 4) is 0 Å². The van der Waals surface area contributed by atoms with Crippen molar-refractivity contribution in [1.82, 2.24) is 16.0 Å². The summed E-state index contributed by atoms with van der Waals surface area (Å²) in [6, 6.07) is 28.4. The van der Waals surface area contributed by atoms with Crippen LogP contribution in [0, 0.1) is 5.92 Å². The van der Waals surface area contributed by atoms with Gasteiger partial charge in [0, 0.05) is 6.54 Å². The summed E-state index contributed by atoms with van der Waals surface area (Å²) < 4.78 is 10.5. The zero-order valence-corrected chi connectivity index (χ0v) is 22.7. The summed E-state index contributed by atoms with van der Waals surface area (Å²) >= 11 is 0. The standard InChI is InChI=1S/C32H34N4O5/c37-29-27(28(34-29)20-19-24-12-4-1-5-13-24)18-10-11-21-33-30(35-31(38)40-22-25-14-6-2-7-15-25)36-32(39)41-23-26-16-8-3-9-17-26/h1-9,12-17,19-20,27-28H,10-11,18,21-23H2,(H,34,37)(H2,33,35,36,38,39)/t27-,28-/m0/s1. The third-order valence-corrected chi connectivity index (χ3v) is 6.45. The lowest BCUT2D eigenvalue weighted by atomic mass is 9.85. The van der Waals surface area contributed by atoms with Gasteiger partial charge in [-0.1, -0.05) is 110 Å². The summed E-state index contributed by atoms with van der Waals surface area (Å²) in [5.74, 6) is -0.0970. The zero-order chi connectivity index (χ0) is 28.7. The number of amides is 3. The Hall–Kier alpha value is -4.92. The van der Waals surface area contributed by atoms with Crippen LogP contribution in [0.4, 0.5) is 9.59 Å². The van der Waals surface area contributed by atoms with Gasteiger partial charge >= 0.3 is 12.2 Å². The number of nitrogens with one attached hydrogen (secondary N) is 3. The van der Waals surface area contributed by atoms with Crippen LogP contribution >= 0.6 is 0 Å². The second-order valence-corrected chi connectivity index (χ2v) is 9.52. The molecule has 0 bridgehead atoms. The van der Waals surface area contributed by atoms with Crippen molar-refractivity contribution in [2.75, 3.05) is 6.54 Å². The fourth-order valence-corrected chi connectivity index (χ4v) is 4.22. The fourth-order valence-electron chi connectivity index (χ4n) is 4.22. The second kappa shape index (κ2) is 15.6. The molecule has 4 rings (SSSR count). The zero-order valence-electron chi connectivity index (χ0n) is 22.7. The molecule has 212 valence electrons. The van der Waals surface area contributed by atoms with Crippen LogP contribution < -0.4 is 16.0 Å². The maximum absolute atomic E-state index is 12.4. The molecule has 1 fully saturated rings. The van der Waals surface area contributed by atoms with Crippen molar-refractivity contribution < 1.29 is 23.9 Å². The molecular formula is C32H34N4O5. The van der Waals surface area contributed by atoms with Crippen LogP contribution in [-0.2, 0) is 27.5 Å². The molecular weight excluding hydrogens is 520 g/mol. The number of guanidine groups is 1. The van der Waals surface area contributed by atoms with E-state index in [1.807, 2.05) is 103 Å². The van der Waals surface area contributed by atoms with E-state index in [1.165, 1.54) is 0 Å². The Labute approximate surface area is 239 Å². The number of ether oxygens (including phenoxy) is 2. The summed E-state index contributed by atoms with van der Waals surface area (Å²) in [6.07, 6.45) is 4.61. The smallest absolute Gasteiger partial charge is 0.437 e. The summed E-state index contributed by atoms with van der Waals surface area (Å²) in [6.45, 7) is 0.544. The number of benzene rings is 3. The Kier molecular flexibility index (Phi) is 11.1. The van der Waals surface area contributed by atoms with E-state index in [9.17, 15) is 14.4 Å². The minimum absolute atomic E-state index is 0.00762. The number of rotatable bonds is 11. The van der Waals surface area contributed by atoms with Gasteiger partial charge in [0.1, 0.15) is 13.2 Å². The molecule has 0 unspecified atom stereocenters. The van der Waals surface area contributed by atoms with Gasteiger partial charge in [-0.2, -0.15) is 0 Å². The van der Waals surface area contributed by atoms with Crippen molar-refractivity contribution in [3.63, 3.8) is 0 Å². The number of unbranched alkanes of at least 4 members (excludes halogenated alkanes) is 1. The molecule has 0 saturated carbocycles. The van der Waals surface area contributed by atoms with Crippen LogP contribution in [0.3, 0.4) is 0 Å². The van der Waals surface area contributed by atoms with Crippen molar-refractivity contribution in [3.05, 3.63) is 114 Å². The molecule has 1 saturated heterocycles. The van der Waals surface area contributed by atoms with Gasteiger partial charge in [-0.25, -0.2) is 9.59 Å². The van der Waals surface area contributed by atoms with E-state index in [4.69, 9.17) is 9.47 Å². The average molecular weight is 555 g/mol. The third kappa shape index (κ3) is 9.96. The van der Waals surface area contributed by atoms with Crippen LogP contribution in [0.5, 0.6) is 0 Å². The molecule has 41 heavy (non-hydrogen) atoms. The third-order valence-electron chi connectivity index (χ3n) is 6.45. The lowest BCUT2D eigenvalue weighted by molar-refractivity contribution is -0.133.